The summed E-state index contributed by atoms with van der Waals surface area (Å²) in [5.74, 6) is -2.86. The molecule has 5 rings (SSSR count). The minimum Gasteiger partial charge on any atom is -0.463 e. The van der Waals surface area contributed by atoms with Crippen molar-refractivity contribution in [2.24, 2.45) is 0 Å². The number of halogens is 2. The van der Waals surface area contributed by atoms with Crippen LogP contribution in [-0.4, -0.2) is 67.6 Å². The average Bonchev–Trinajstić information content (AvgIpc) is 3.27. The van der Waals surface area contributed by atoms with Gasteiger partial charge in [-0.15, -0.1) is 0 Å². The molecule has 5 aromatic rings. The Morgan fingerprint density at radius 2 is 1.02 bits per heavy atom. The van der Waals surface area contributed by atoms with Crippen molar-refractivity contribution in [3.63, 3.8) is 0 Å². The van der Waals surface area contributed by atoms with Crippen molar-refractivity contribution >= 4 is 70.3 Å². The summed E-state index contributed by atoms with van der Waals surface area (Å²) in [6, 6.07) is 17.6. The van der Waals surface area contributed by atoms with Gasteiger partial charge in [-0.05, 0) is 105 Å². The van der Waals surface area contributed by atoms with E-state index in [2.05, 4.69) is 18.1 Å². The van der Waals surface area contributed by atoms with Gasteiger partial charge in [0.2, 0.25) is 5.89 Å². The molecule has 0 aliphatic heterocycles. The molecule has 0 amide bonds. The Kier molecular flexibility index (Phi) is 16.9. The highest BCUT2D eigenvalue weighted by Gasteiger charge is 2.20. The highest BCUT2D eigenvalue weighted by molar-refractivity contribution is 6.37. The van der Waals surface area contributed by atoms with Crippen LogP contribution >= 0.6 is 23.2 Å². The number of benzene rings is 4. The number of hydrogen-bond donors (Lipinski definition) is 0. The Bertz CT molecular complexity index is 2550. The topological polar surface area (TPSA) is 219 Å². The van der Waals surface area contributed by atoms with Crippen molar-refractivity contribution in [3.8, 4) is 34.5 Å². The number of aromatic nitrogens is 1. The minimum atomic E-state index is -0.970. The van der Waals surface area contributed by atoms with E-state index in [1.807, 2.05) is 0 Å². The Morgan fingerprint density at radius 1 is 0.571 bits per heavy atom. The predicted octanol–water partition coefficient (Wildman–Crippen LogP) is 8.65. The maximum atomic E-state index is 13.1. The molecule has 0 saturated carbocycles. The highest BCUT2D eigenvalue weighted by Crippen LogP contribution is 2.38. The molecule has 19 heteroatoms. The molecule has 0 spiro atoms. The first kappa shape index (κ1) is 46.6. The van der Waals surface area contributed by atoms with Gasteiger partial charge in [-0.25, -0.2) is 38.5 Å². The monoisotopic (exact) mass is 903 g/mol. The predicted molar refractivity (Wildman–Crippen MR) is 223 cm³/mol. The molecule has 1 aromatic heterocycles. The molecule has 0 aliphatic carbocycles. The van der Waals surface area contributed by atoms with Crippen molar-refractivity contribution in [1.82, 2.24) is 4.98 Å². The van der Waals surface area contributed by atoms with Gasteiger partial charge in [-0.1, -0.05) is 36.4 Å². The minimum absolute atomic E-state index is 0.00778. The van der Waals surface area contributed by atoms with Crippen molar-refractivity contribution in [2.45, 2.75) is 25.7 Å². The maximum Gasteiger partial charge on any atom is 0.513 e. The SMILES string of the molecule is C=CC(=O)OCCCCOC(=O)Oc1ccc(C(=O)Oc2ccc3nc(-c4cc(Cl)c(OC(=O)c5ccc(OC(=O)OCCCCOC(=O)C=C)cc5)c(Cl)c4)oc(=O)c3c2)cc1. The molecule has 0 fully saturated rings. The molecule has 0 radical (unpaired) electrons. The van der Waals surface area contributed by atoms with E-state index in [4.69, 9.17) is 65.5 Å². The lowest BCUT2D eigenvalue weighted by molar-refractivity contribution is -0.138. The Hall–Kier alpha value is -7.50. The molecule has 326 valence electrons. The Labute approximate surface area is 367 Å². The number of carbonyl (C=O) groups excluding carboxylic acids is 6. The first-order valence-electron chi connectivity index (χ1n) is 18.7. The Morgan fingerprint density at radius 3 is 1.49 bits per heavy atom. The zero-order chi connectivity index (χ0) is 45.3. The summed E-state index contributed by atoms with van der Waals surface area (Å²) in [6.45, 7) is 6.96. The number of fused-ring (bicyclic) bond motifs is 1. The van der Waals surface area contributed by atoms with Gasteiger partial charge in [0, 0.05) is 17.7 Å². The highest BCUT2D eigenvalue weighted by atomic mass is 35.5. The number of hydrogen-bond acceptors (Lipinski definition) is 17. The summed E-state index contributed by atoms with van der Waals surface area (Å²) in [5, 5.41) is -0.242. The van der Waals surface area contributed by atoms with Crippen molar-refractivity contribution in [2.75, 3.05) is 26.4 Å². The standard InChI is InChI=1S/C44H35Cl2NO16/c1-3-36(48)55-19-5-7-21-57-43(53)60-29-13-9-26(10-14-29)40(50)59-31-17-18-35-32(25-31)42(52)63-39(47-35)28-23-33(45)38(34(46)24-28)62-41(51)27-11-15-30(16-12-27)61-44(54)58-22-8-6-20-56-37(49)4-2/h3-4,9-18,23-25H,1-2,5-8,19-22H2. The van der Waals surface area contributed by atoms with Crippen LogP contribution in [0, 0.1) is 0 Å². The molecule has 0 aliphatic rings. The molecule has 0 unspecified atom stereocenters. The van der Waals surface area contributed by atoms with Crippen LogP contribution in [0.15, 0.2) is 113 Å². The summed E-state index contributed by atoms with van der Waals surface area (Å²) in [7, 11) is 0. The van der Waals surface area contributed by atoms with Gasteiger partial charge in [-0.3, -0.25) is 0 Å². The van der Waals surface area contributed by atoms with Gasteiger partial charge in [0.15, 0.2) is 5.75 Å². The number of nitrogens with zero attached hydrogens (tertiary/aromatic N) is 1. The second kappa shape index (κ2) is 22.9. The van der Waals surface area contributed by atoms with Crippen LogP contribution in [-0.2, 0) is 28.5 Å². The quantitative estimate of drug-likeness (QED) is 0.0189. The van der Waals surface area contributed by atoms with E-state index >= 15 is 0 Å². The summed E-state index contributed by atoms with van der Waals surface area (Å²) in [5.41, 5.74) is -0.311. The van der Waals surface area contributed by atoms with E-state index in [1.54, 1.807) is 0 Å². The van der Waals surface area contributed by atoms with Crippen LogP contribution in [0.3, 0.4) is 0 Å². The van der Waals surface area contributed by atoms with Gasteiger partial charge in [0.1, 0.15) is 17.2 Å². The van der Waals surface area contributed by atoms with Crippen molar-refractivity contribution < 1.29 is 71.1 Å². The van der Waals surface area contributed by atoms with Gasteiger partial charge in [0.25, 0.3) is 0 Å². The average molecular weight is 905 g/mol. The number of rotatable bonds is 19. The maximum absolute atomic E-state index is 13.1. The van der Waals surface area contributed by atoms with E-state index in [-0.39, 0.29) is 93.0 Å². The lowest BCUT2D eigenvalue weighted by Gasteiger charge is -2.11. The van der Waals surface area contributed by atoms with Crippen molar-refractivity contribution in [3.05, 3.63) is 136 Å². The van der Waals surface area contributed by atoms with E-state index in [0.717, 1.165) is 12.2 Å². The van der Waals surface area contributed by atoms with Crippen molar-refractivity contribution in [1.29, 1.82) is 0 Å². The smallest absolute Gasteiger partial charge is 0.463 e. The van der Waals surface area contributed by atoms with Gasteiger partial charge >= 0.3 is 41.8 Å². The van der Waals surface area contributed by atoms with E-state index < -0.39 is 41.8 Å². The fourth-order valence-corrected chi connectivity index (χ4v) is 5.65. The van der Waals surface area contributed by atoms with E-state index in [9.17, 15) is 33.6 Å². The number of ether oxygens (including phenoxy) is 8. The molecule has 0 N–H and O–H groups in total. The third kappa shape index (κ3) is 14.0. The summed E-state index contributed by atoms with van der Waals surface area (Å²) < 4.78 is 46.1. The lowest BCUT2D eigenvalue weighted by Crippen LogP contribution is -2.13. The second-order valence-corrected chi connectivity index (χ2v) is 13.5. The molecular weight excluding hydrogens is 869 g/mol. The summed E-state index contributed by atoms with van der Waals surface area (Å²) in [6.07, 6.45) is 1.96. The van der Waals surface area contributed by atoms with Crippen LogP contribution in [0.25, 0.3) is 22.4 Å². The zero-order valence-electron chi connectivity index (χ0n) is 33.0. The van der Waals surface area contributed by atoms with Gasteiger partial charge < -0.3 is 42.3 Å². The third-order valence-electron chi connectivity index (χ3n) is 8.17. The van der Waals surface area contributed by atoms with Crippen LogP contribution < -0.4 is 24.6 Å². The molecule has 1 heterocycles. The second-order valence-electron chi connectivity index (χ2n) is 12.6. The normalized spacial score (nSPS) is 10.5. The molecule has 4 aromatic carbocycles. The molecule has 0 saturated heterocycles. The van der Waals surface area contributed by atoms with Crippen LogP contribution in [0.2, 0.25) is 10.0 Å². The van der Waals surface area contributed by atoms with E-state index in [1.165, 1.54) is 78.9 Å². The first-order valence-corrected chi connectivity index (χ1v) is 19.5. The lowest BCUT2D eigenvalue weighted by atomic mass is 10.2. The summed E-state index contributed by atoms with van der Waals surface area (Å²) >= 11 is 12.9. The van der Waals surface area contributed by atoms with Gasteiger partial charge in [0.05, 0.1) is 58.5 Å². The fraction of sp³-hybridized carbons (Fsp3) is 0.182. The largest absolute Gasteiger partial charge is 0.513 e. The van der Waals surface area contributed by atoms with Crippen LogP contribution in [0.4, 0.5) is 9.59 Å². The van der Waals surface area contributed by atoms with Crippen LogP contribution in [0.1, 0.15) is 46.4 Å². The van der Waals surface area contributed by atoms with E-state index in [0.29, 0.717) is 25.7 Å². The number of unbranched alkanes of at least 4 members (excludes halogenated alkanes) is 2. The molecular formula is C44H35Cl2NO16. The van der Waals surface area contributed by atoms with Crippen LogP contribution in [0.5, 0.6) is 23.0 Å². The summed E-state index contributed by atoms with van der Waals surface area (Å²) in [4.78, 5) is 89.3. The number of carbonyl (C=O) groups is 6. The zero-order valence-corrected chi connectivity index (χ0v) is 34.5. The molecule has 0 bridgehead atoms. The molecule has 17 nitrogen and oxygen atoms in total. The first-order chi connectivity index (χ1) is 30.3. The molecule has 0 atom stereocenters. The molecule has 63 heavy (non-hydrogen) atoms. The number of esters is 4. The third-order valence-corrected chi connectivity index (χ3v) is 8.73. The Balaban J connectivity index is 1.13. The fourth-order valence-electron chi connectivity index (χ4n) is 5.09. The van der Waals surface area contributed by atoms with Gasteiger partial charge in [-0.2, -0.15) is 0 Å².